The lowest BCUT2D eigenvalue weighted by atomic mass is 9.83. The van der Waals surface area contributed by atoms with E-state index in [1.165, 1.54) is 0 Å². The van der Waals surface area contributed by atoms with Gasteiger partial charge in [0.1, 0.15) is 23.3 Å². The molecule has 3 aromatic rings. The molecule has 0 spiro atoms. The molecule has 0 bridgehead atoms. The van der Waals surface area contributed by atoms with Gasteiger partial charge in [-0.25, -0.2) is 0 Å². The minimum Gasteiger partial charge on any atom is -0.497 e. The van der Waals surface area contributed by atoms with Gasteiger partial charge < -0.3 is 24.9 Å². The largest absolute Gasteiger partial charge is 0.497 e. The number of likely N-dealkylation sites (tertiary alicyclic amines) is 1. The van der Waals surface area contributed by atoms with Crippen LogP contribution in [0.1, 0.15) is 16.4 Å². The number of hydrogen-bond acceptors (Lipinski definition) is 9. The quantitative estimate of drug-likeness (QED) is 0.355. The van der Waals surface area contributed by atoms with Gasteiger partial charge in [0, 0.05) is 16.5 Å². The summed E-state index contributed by atoms with van der Waals surface area (Å²) in [5.41, 5.74) is 1.25. The summed E-state index contributed by atoms with van der Waals surface area (Å²) < 4.78 is 10.7. The van der Waals surface area contributed by atoms with Crippen LogP contribution in [-0.4, -0.2) is 64.2 Å². The van der Waals surface area contributed by atoms with E-state index in [0.29, 0.717) is 32.7 Å². The van der Waals surface area contributed by atoms with Crippen molar-refractivity contribution in [2.75, 3.05) is 25.6 Å². The number of carbonyl (C=O) groups excluding carboxylic acids is 3. The highest BCUT2D eigenvalue weighted by atomic mass is 32.2. The first-order valence-electron chi connectivity index (χ1n) is 11.4. The summed E-state index contributed by atoms with van der Waals surface area (Å²) in [6.45, 7) is -0.954. The molecule has 0 radical (unpaired) electrons. The fraction of sp³-hybridized carbons (Fsp3) is 0.240. The topological polar surface area (TPSA) is 155 Å². The number of aromatic nitrogens is 1. The number of benzene rings is 2. The van der Waals surface area contributed by atoms with Crippen molar-refractivity contribution in [3.63, 3.8) is 0 Å². The molecule has 11 nitrogen and oxygen atoms in total. The SMILES string of the molecule is COc1ccc(NC(=O)COc2ccc([C@H]3c4sc(=O)[nH]c4SC4C(=O)N(CC(=O)O)C(=O)C43)cc2)cc1. The maximum Gasteiger partial charge on any atom is 0.323 e. The molecule has 13 heteroatoms. The monoisotopic (exact) mass is 555 g/mol. The van der Waals surface area contributed by atoms with Crippen LogP contribution in [0, 0.1) is 5.92 Å². The van der Waals surface area contributed by atoms with Crippen molar-refractivity contribution in [2.45, 2.75) is 16.2 Å². The van der Waals surface area contributed by atoms with Crippen LogP contribution in [0.3, 0.4) is 0 Å². The van der Waals surface area contributed by atoms with Crippen molar-refractivity contribution >= 4 is 52.5 Å². The fourth-order valence-corrected chi connectivity index (χ4v) is 7.05. The Morgan fingerprint density at radius 3 is 2.37 bits per heavy atom. The lowest BCUT2D eigenvalue weighted by Crippen LogP contribution is -2.36. The van der Waals surface area contributed by atoms with Crippen molar-refractivity contribution in [1.82, 2.24) is 9.88 Å². The van der Waals surface area contributed by atoms with E-state index in [2.05, 4.69) is 10.3 Å². The van der Waals surface area contributed by atoms with Gasteiger partial charge in [0.15, 0.2) is 6.61 Å². The third-order valence-corrected chi connectivity index (χ3v) is 8.59. The second-order valence-electron chi connectivity index (χ2n) is 8.54. The summed E-state index contributed by atoms with van der Waals surface area (Å²) in [7, 11) is 1.55. The molecule has 3 amide bonds. The van der Waals surface area contributed by atoms with Crippen LogP contribution in [-0.2, 0) is 19.2 Å². The molecule has 2 aliphatic heterocycles. The summed E-state index contributed by atoms with van der Waals surface area (Å²) in [4.78, 5) is 65.5. The third kappa shape index (κ3) is 4.89. The minimum absolute atomic E-state index is 0.239. The van der Waals surface area contributed by atoms with Gasteiger partial charge in [0.25, 0.3) is 5.91 Å². The average molecular weight is 556 g/mol. The van der Waals surface area contributed by atoms with Gasteiger partial charge in [0.05, 0.1) is 18.1 Å². The van der Waals surface area contributed by atoms with E-state index in [4.69, 9.17) is 9.47 Å². The summed E-state index contributed by atoms with van der Waals surface area (Å²) in [6.07, 6.45) is 0. The van der Waals surface area contributed by atoms with E-state index in [-0.39, 0.29) is 17.4 Å². The number of nitrogens with zero attached hydrogens (tertiary/aromatic N) is 1. The first-order valence-corrected chi connectivity index (χ1v) is 13.1. The summed E-state index contributed by atoms with van der Waals surface area (Å²) in [5.74, 6) is -3.21. The van der Waals surface area contributed by atoms with Gasteiger partial charge in [-0.1, -0.05) is 35.2 Å². The van der Waals surface area contributed by atoms with E-state index < -0.39 is 41.4 Å². The van der Waals surface area contributed by atoms with Crippen molar-refractivity contribution in [1.29, 1.82) is 0 Å². The Balaban J connectivity index is 1.33. The first-order chi connectivity index (χ1) is 18.2. The zero-order chi connectivity index (χ0) is 27.0. The lowest BCUT2D eigenvalue weighted by molar-refractivity contribution is -0.149. The second-order valence-corrected chi connectivity index (χ2v) is 10.7. The zero-order valence-corrected chi connectivity index (χ0v) is 21.5. The highest BCUT2D eigenvalue weighted by Gasteiger charge is 2.56. The number of amides is 3. The number of hydrogen-bond donors (Lipinski definition) is 3. The minimum atomic E-state index is -1.28. The number of thiazole rings is 1. The Bertz CT molecular complexity index is 1460. The van der Waals surface area contributed by atoms with Gasteiger partial charge >= 0.3 is 10.8 Å². The highest BCUT2D eigenvalue weighted by molar-refractivity contribution is 8.00. The molecule has 1 saturated heterocycles. The molecule has 0 saturated carbocycles. The summed E-state index contributed by atoms with van der Waals surface area (Å²) in [6, 6.07) is 13.5. The maximum atomic E-state index is 13.2. The number of carbonyl (C=O) groups is 4. The Hall–Kier alpha value is -4.10. The molecule has 0 aliphatic carbocycles. The molecule has 3 atom stereocenters. The standard InChI is InChI=1S/C25H21N3O8S2/c1-35-14-8-4-13(5-9-14)26-16(29)11-36-15-6-2-12(3-7-15)18-19-21(37-22-20(18)38-25(34)27-22)24(33)28(23(19)32)10-17(30)31/h2-9,18-19,21H,10-11H2,1H3,(H,26,29)(H,27,34)(H,30,31)/t18-,19?,21?/m1/s1. The van der Waals surface area contributed by atoms with Crippen molar-refractivity contribution < 1.29 is 33.8 Å². The zero-order valence-electron chi connectivity index (χ0n) is 19.8. The Kier molecular flexibility index (Phi) is 6.95. The van der Waals surface area contributed by atoms with Crippen molar-refractivity contribution in [2.24, 2.45) is 5.92 Å². The van der Waals surface area contributed by atoms with Crippen LogP contribution in [0.4, 0.5) is 5.69 Å². The smallest absolute Gasteiger partial charge is 0.323 e. The number of thioether (sulfide) groups is 1. The molecular formula is C25H21N3O8S2. The number of rotatable bonds is 8. The molecule has 38 heavy (non-hydrogen) atoms. The number of methoxy groups -OCH3 is 1. The molecule has 2 aromatic carbocycles. The molecule has 2 unspecified atom stereocenters. The predicted molar refractivity (Wildman–Crippen MR) is 138 cm³/mol. The predicted octanol–water partition coefficient (Wildman–Crippen LogP) is 2.14. The number of carboxylic acids is 1. The second kappa shape index (κ2) is 10.3. The molecule has 3 N–H and O–H groups in total. The third-order valence-electron chi connectivity index (χ3n) is 6.19. The molecular weight excluding hydrogens is 534 g/mol. The van der Waals surface area contributed by atoms with E-state index in [0.717, 1.165) is 28.0 Å². The van der Waals surface area contributed by atoms with Gasteiger partial charge in [-0.05, 0) is 42.0 Å². The number of anilines is 1. The number of nitrogens with one attached hydrogen (secondary N) is 2. The van der Waals surface area contributed by atoms with Gasteiger partial charge in [-0.15, -0.1) is 0 Å². The van der Waals surface area contributed by atoms with Crippen LogP contribution in [0.25, 0.3) is 0 Å². The van der Waals surface area contributed by atoms with E-state index >= 15 is 0 Å². The molecule has 5 rings (SSSR count). The number of imide groups is 1. The van der Waals surface area contributed by atoms with Crippen molar-refractivity contribution in [3.8, 4) is 11.5 Å². The number of ether oxygens (including phenoxy) is 2. The Labute approximate surface area is 223 Å². The molecule has 1 fully saturated rings. The average Bonchev–Trinajstić information content (AvgIpc) is 3.38. The van der Waals surface area contributed by atoms with Crippen LogP contribution >= 0.6 is 23.1 Å². The normalized spacial score (nSPS) is 20.0. The van der Waals surface area contributed by atoms with Crippen LogP contribution < -0.4 is 19.7 Å². The number of H-pyrrole nitrogens is 1. The number of carboxylic acid groups (broad SMARTS) is 1. The number of aromatic amines is 1. The summed E-state index contributed by atoms with van der Waals surface area (Å²) >= 11 is 2.04. The number of fused-ring (bicyclic) bond motifs is 2. The van der Waals surface area contributed by atoms with E-state index in [9.17, 15) is 29.1 Å². The van der Waals surface area contributed by atoms with E-state index in [1.807, 2.05) is 0 Å². The first kappa shape index (κ1) is 25.5. The van der Waals surface area contributed by atoms with Crippen LogP contribution in [0.2, 0.25) is 0 Å². The highest BCUT2D eigenvalue weighted by Crippen LogP contribution is 2.52. The lowest BCUT2D eigenvalue weighted by Gasteiger charge is -2.29. The fourth-order valence-electron chi connectivity index (χ4n) is 4.52. The number of aliphatic carboxylic acids is 1. The molecule has 3 heterocycles. The Morgan fingerprint density at radius 2 is 1.71 bits per heavy atom. The van der Waals surface area contributed by atoms with E-state index in [1.54, 1.807) is 55.6 Å². The van der Waals surface area contributed by atoms with Gasteiger partial charge in [-0.3, -0.25) is 28.9 Å². The molecule has 1 aromatic heterocycles. The summed E-state index contributed by atoms with van der Waals surface area (Å²) in [5, 5.41) is 11.6. The van der Waals surface area contributed by atoms with Gasteiger partial charge in [-0.2, -0.15) is 0 Å². The molecule has 2 aliphatic rings. The van der Waals surface area contributed by atoms with Gasteiger partial charge in [0.2, 0.25) is 11.8 Å². The molecule has 196 valence electrons. The Morgan fingerprint density at radius 1 is 1.03 bits per heavy atom. The van der Waals surface area contributed by atoms with Crippen molar-refractivity contribution in [3.05, 3.63) is 68.6 Å². The van der Waals surface area contributed by atoms with Crippen LogP contribution in [0.5, 0.6) is 11.5 Å². The van der Waals surface area contributed by atoms with Crippen LogP contribution in [0.15, 0.2) is 58.4 Å². The maximum absolute atomic E-state index is 13.2.